The molecule has 0 aliphatic carbocycles. The molecule has 0 saturated carbocycles. The van der Waals surface area contributed by atoms with Gasteiger partial charge in [0.25, 0.3) is 5.91 Å². The van der Waals surface area contributed by atoms with Crippen LogP contribution in [0.4, 0.5) is 4.39 Å². The summed E-state index contributed by atoms with van der Waals surface area (Å²) >= 11 is 0. The summed E-state index contributed by atoms with van der Waals surface area (Å²) in [6.45, 7) is 5.52. The summed E-state index contributed by atoms with van der Waals surface area (Å²) in [4.78, 5) is 16.8. The van der Waals surface area contributed by atoms with Gasteiger partial charge in [0.2, 0.25) is 5.95 Å². The van der Waals surface area contributed by atoms with Crippen molar-refractivity contribution in [3.05, 3.63) is 29.8 Å². The highest BCUT2D eigenvalue weighted by atomic mass is 19.1. The summed E-state index contributed by atoms with van der Waals surface area (Å²) in [6, 6.07) is 2.89. The molecule has 0 atom stereocenters. The summed E-state index contributed by atoms with van der Waals surface area (Å²) in [7, 11) is 0. The first-order chi connectivity index (χ1) is 7.85. The predicted molar refractivity (Wildman–Crippen MR) is 62.1 cm³/mol. The van der Waals surface area contributed by atoms with Gasteiger partial charge in [-0.1, -0.05) is 0 Å². The van der Waals surface area contributed by atoms with Crippen molar-refractivity contribution >= 4 is 5.91 Å². The molecule has 0 unspecified atom stereocenters. The number of hydrogen-bond donors (Lipinski definition) is 1. The fraction of sp³-hybridized carbons (Fsp3) is 0.500. The van der Waals surface area contributed by atoms with Gasteiger partial charge in [0.05, 0.1) is 11.2 Å². The zero-order chi connectivity index (χ0) is 13.1. The van der Waals surface area contributed by atoms with E-state index in [4.69, 9.17) is 0 Å². The van der Waals surface area contributed by atoms with Gasteiger partial charge in [-0.05, 0) is 32.9 Å². The van der Waals surface area contributed by atoms with Gasteiger partial charge in [-0.2, -0.15) is 4.39 Å². The maximum absolute atomic E-state index is 13.3. The molecule has 0 bridgehead atoms. The van der Waals surface area contributed by atoms with Crippen LogP contribution >= 0.6 is 0 Å². The molecular formula is C12H17FN2O2. The minimum atomic E-state index is -1.01. The number of halogens is 1. The van der Waals surface area contributed by atoms with Gasteiger partial charge >= 0.3 is 0 Å². The van der Waals surface area contributed by atoms with Crippen LogP contribution in [0.3, 0.4) is 0 Å². The van der Waals surface area contributed by atoms with Crippen LogP contribution in [0.2, 0.25) is 0 Å². The van der Waals surface area contributed by atoms with Crippen molar-refractivity contribution in [1.29, 1.82) is 0 Å². The fourth-order valence-corrected chi connectivity index (χ4v) is 1.51. The molecule has 0 spiro atoms. The SMILES string of the molecule is CCN(CC(C)(C)O)C(=O)c1cccnc1F. The zero-order valence-electron chi connectivity index (χ0n) is 10.3. The quantitative estimate of drug-likeness (QED) is 0.810. The van der Waals surface area contributed by atoms with Crippen LogP contribution in [0.5, 0.6) is 0 Å². The Balaban J connectivity index is 2.91. The standard InChI is InChI=1S/C12H17FN2O2/c1-4-15(8-12(2,3)17)11(16)9-6-5-7-14-10(9)13/h5-7,17H,4,8H2,1-3H3. The third kappa shape index (κ3) is 3.78. The smallest absolute Gasteiger partial charge is 0.258 e. The molecule has 1 heterocycles. The maximum Gasteiger partial charge on any atom is 0.258 e. The number of carbonyl (C=O) groups excluding carboxylic acids is 1. The lowest BCUT2D eigenvalue weighted by Gasteiger charge is -2.28. The second kappa shape index (κ2) is 5.23. The van der Waals surface area contributed by atoms with Gasteiger partial charge in [0, 0.05) is 19.3 Å². The lowest BCUT2D eigenvalue weighted by molar-refractivity contribution is 0.0311. The second-order valence-corrected chi connectivity index (χ2v) is 4.47. The first-order valence-electron chi connectivity index (χ1n) is 5.47. The fourth-order valence-electron chi connectivity index (χ4n) is 1.51. The molecule has 5 heteroatoms. The number of amides is 1. The molecule has 0 aliphatic rings. The molecule has 1 aromatic rings. The highest BCUT2D eigenvalue weighted by Gasteiger charge is 2.24. The number of nitrogens with zero attached hydrogens (tertiary/aromatic N) is 2. The molecule has 1 aromatic heterocycles. The molecule has 0 aromatic carbocycles. The van der Waals surface area contributed by atoms with Gasteiger partial charge in [-0.15, -0.1) is 0 Å². The molecule has 1 N–H and O–H groups in total. The lowest BCUT2D eigenvalue weighted by Crippen LogP contribution is -2.42. The van der Waals surface area contributed by atoms with Crippen molar-refractivity contribution in [3.8, 4) is 0 Å². The van der Waals surface area contributed by atoms with Gasteiger partial charge in [-0.25, -0.2) is 4.98 Å². The molecule has 0 saturated heterocycles. The third-order valence-electron chi connectivity index (χ3n) is 2.24. The Morgan fingerprint density at radius 3 is 2.71 bits per heavy atom. The number of aromatic nitrogens is 1. The van der Waals surface area contributed by atoms with Crippen molar-refractivity contribution in [2.45, 2.75) is 26.4 Å². The van der Waals surface area contributed by atoms with Crippen molar-refractivity contribution in [1.82, 2.24) is 9.88 Å². The van der Waals surface area contributed by atoms with E-state index in [2.05, 4.69) is 4.98 Å². The summed E-state index contributed by atoms with van der Waals surface area (Å²) in [6.07, 6.45) is 1.29. The van der Waals surface area contributed by atoms with Gasteiger partial charge < -0.3 is 10.0 Å². The van der Waals surface area contributed by atoms with Crippen LogP contribution < -0.4 is 0 Å². The Hall–Kier alpha value is -1.49. The van der Waals surface area contributed by atoms with E-state index in [9.17, 15) is 14.3 Å². The predicted octanol–water partition coefficient (Wildman–Crippen LogP) is 1.45. The maximum atomic E-state index is 13.3. The van der Waals surface area contributed by atoms with Crippen molar-refractivity contribution in [2.75, 3.05) is 13.1 Å². The Labute approximate surface area is 100 Å². The van der Waals surface area contributed by atoms with Crippen LogP contribution in [-0.4, -0.2) is 39.6 Å². The number of likely N-dealkylation sites (N-methyl/N-ethyl adjacent to an activating group) is 1. The number of pyridine rings is 1. The van der Waals surface area contributed by atoms with E-state index in [0.717, 1.165) is 0 Å². The van der Waals surface area contributed by atoms with E-state index in [0.29, 0.717) is 6.54 Å². The second-order valence-electron chi connectivity index (χ2n) is 4.47. The summed E-state index contributed by atoms with van der Waals surface area (Å²) in [5.41, 5.74) is -1.08. The van der Waals surface area contributed by atoms with Crippen LogP contribution in [0, 0.1) is 5.95 Å². The highest BCUT2D eigenvalue weighted by Crippen LogP contribution is 2.11. The van der Waals surface area contributed by atoms with Gasteiger partial charge in [0.15, 0.2) is 0 Å². The Kier molecular flexibility index (Phi) is 4.17. The van der Waals surface area contributed by atoms with E-state index < -0.39 is 17.5 Å². The van der Waals surface area contributed by atoms with E-state index in [1.54, 1.807) is 20.8 Å². The monoisotopic (exact) mass is 240 g/mol. The number of aliphatic hydroxyl groups is 1. The Morgan fingerprint density at radius 2 is 2.24 bits per heavy atom. The molecule has 1 amide bonds. The highest BCUT2D eigenvalue weighted by molar-refractivity contribution is 5.94. The molecular weight excluding hydrogens is 223 g/mol. The normalized spacial score (nSPS) is 11.4. The average Bonchev–Trinajstić information content (AvgIpc) is 2.24. The van der Waals surface area contributed by atoms with Crippen molar-refractivity contribution in [3.63, 3.8) is 0 Å². The summed E-state index contributed by atoms with van der Waals surface area (Å²) < 4.78 is 13.3. The Morgan fingerprint density at radius 1 is 1.59 bits per heavy atom. The number of rotatable bonds is 4. The van der Waals surface area contributed by atoms with E-state index in [-0.39, 0.29) is 12.1 Å². The summed E-state index contributed by atoms with van der Waals surface area (Å²) in [5.74, 6) is -1.24. The van der Waals surface area contributed by atoms with Gasteiger partial charge in [-0.3, -0.25) is 4.79 Å². The first kappa shape index (κ1) is 13.6. The van der Waals surface area contributed by atoms with E-state index >= 15 is 0 Å². The van der Waals surface area contributed by atoms with Crippen molar-refractivity contribution < 1.29 is 14.3 Å². The van der Waals surface area contributed by atoms with Crippen LogP contribution in [-0.2, 0) is 0 Å². The molecule has 17 heavy (non-hydrogen) atoms. The number of hydrogen-bond acceptors (Lipinski definition) is 3. The lowest BCUT2D eigenvalue weighted by atomic mass is 10.1. The summed E-state index contributed by atoms with van der Waals surface area (Å²) in [5, 5.41) is 9.68. The minimum Gasteiger partial charge on any atom is -0.389 e. The van der Waals surface area contributed by atoms with Gasteiger partial charge in [0.1, 0.15) is 0 Å². The largest absolute Gasteiger partial charge is 0.389 e. The minimum absolute atomic E-state index is 0.0707. The Bertz CT molecular complexity index is 402. The topological polar surface area (TPSA) is 53.4 Å². The average molecular weight is 240 g/mol. The van der Waals surface area contributed by atoms with Crippen LogP contribution in [0.1, 0.15) is 31.1 Å². The molecule has 0 fully saturated rings. The molecule has 0 radical (unpaired) electrons. The van der Waals surface area contributed by atoms with Crippen molar-refractivity contribution in [2.24, 2.45) is 0 Å². The first-order valence-corrected chi connectivity index (χ1v) is 5.47. The molecule has 4 nitrogen and oxygen atoms in total. The zero-order valence-corrected chi connectivity index (χ0v) is 10.3. The third-order valence-corrected chi connectivity index (χ3v) is 2.24. The number of carbonyl (C=O) groups is 1. The van der Waals surface area contributed by atoms with E-state index in [1.165, 1.54) is 23.2 Å². The van der Waals surface area contributed by atoms with Crippen LogP contribution in [0.25, 0.3) is 0 Å². The molecule has 1 rings (SSSR count). The molecule has 94 valence electrons. The molecule has 0 aliphatic heterocycles. The van der Waals surface area contributed by atoms with E-state index in [1.807, 2.05) is 0 Å². The van der Waals surface area contributed by atoms with Crippen LogP contribution in [0.15, 0.2) is 18.3 Å².